The number of nitrogens with two attached hydrogens (primary N) is 1. The lowest BCUT2D eigenvalue weighted by Crippen LogP contribution is -2.13. The number of ether oxygens (including phenoxy) is 1. The molecule has 9 heteroatoms. The number of thioether (sulfide) groups is 1. The molecule has 1 aromatic heterocycles. The van der Waals surface area contributed by atoms with E-state index in [2.05, 4.69) is 20.7 Å². The van der Waals surface area contributed by atoms with Crippen LogP contribution < -0.4 is 16.0 Å². The molecule has 0 aliphatic heterocycles. The number of methoxy groups -OCH3 is 1. The van der Waals surface area contributed by atoms with Crippen LogP contribution in [0.2, 0.25) is 5.02 Å². The third-order valence-corrected chi connectivity index (χ3v) is 4.71. The first kappa shape index (κ1) is 18.1. The van der Waals surface area contributed by atoms with Gasteiger partial charge < -0.3 is 10.6 Å². The van der Waals surface area contributed by atoms with Crippen molar-refractivity contribution in [1.82, 2.24) is 14.9 Å². The van der Waals surface area contributed by atoms with Crippen molar-refractivity contribution < 1.29 is 4.74 Å². The Hall–Kier alpha value is -2.71. The highest BCUT2D eigenvalue weighted by atomic mass is 35.5. The van der Waals surface area contributed by atoms with Crippen LogP contribution in [0.4, 0.5) is 5.95 Å². The Morgan fingerprint density at radius 1 is 1.19 bits per heavy atom. The molecule has 0 atom stereocenters. The molecule has 0 amide bonds. The summed E-state index contributed by atoms with van der Waals surface area (Å²) in [6, 6.07) is 15.1. The van der Waals surface area contributed by atoms with Gasteiger partial charge in [-0.05, 0) is 47.5 Å². The maximum Gasteiger partial charge on any atom is 0.264 e. The molecule has 3 N–H and O–H groups in total. The van der Waals surface area contributed by atoms with Crippen molar-refractivity contribution in [2.45, 2.75) is 10.9 Å². The number of halogens is 1. The van der Waals surface area contributed by atoms with E-state index >= 15 is 0 Å². The number of anilines is 1. The highest BCUT2D eigenvalue weighted by molar-refractivity contribution is 7.98. The number of hydrogen-bond donors (Lipinski definition) is 2. The van der Waals surface area contributed by atoms with Crippen molar-refractivity contribution in [3.8, 4) is 5.75 Å². The van der Waals surface area contributed by atoms with Crippen LogP contribution in [0.25, 0.3) is 0 Å². The zero-order valence-electron chi connectivity index (χ0n) is 14.0. The lowest BCUT2D eigenvalue weighted by Gasteiger charge is -2.03. The van der Waals surface area contributed by atoms with Crippen molar-refractivity contribution in [3.05, 3.63) is 64.7 Å². The van der Waals surface area contributed by atoms with Crippen LogP contribution in [-0.2, 0) is 5.75 Å². The minimum Gasteiger partial charge on any atom is -0.497 e. The molecule has 3 aromatic rings. The maximum absolute atomic E-state index is 6.01. The maximum atomic E-state index is 6.01. The predicted molar refractivity (Wildman–Crippen MR) is 105 cm³/mol. The molecular formula is C17H17ClN6OS. The Balaban J connectivity index is 1.57. The highest BCUT2D eigenvalue weighted by Crippen LogP contribution is 2.22. The summed E-state index contributed by atoms with van der Waals surface area (Å²) in [6.45, 7) is 0. The predicted octanol–water partition coefficient (Wildman–Crippen LogP) is 3.39. The second kappa shape index (κ2) is 8.59. The number of hydrogen-bond acceptors (Lipinski definition) is 7. The summed E-state index contributed by atoms with van der Waals surface area (Å²) in [5, 5.41) is 13.5. The summed E-state index contributed by atoms with van der Waals surface area (Å²) in [5.41, 5.74) is 4.82. The molecule has 0 bridgehead atoms. The van der Waals surface area contributed by atoms with Crippen LogP contribution >= 0.6 is 23.4 Å². The van der Waals surface area contributed by atoms with Crippen LogP contribution in [0.3, 0.4) is 0 Å². The van der Waals surface area contributed by atoms with E-state index in [0.717, 1.165) is 16.9 Å². The molecule has 1 heterocycles. The first-order valence-electron chi connectivity index (χ1n) is 7.66. The van der Waals surface area contributed by atoms with Gasteiger partial charge in [0.1, 0.15) is 5.75 Å². The third-order valence-electron chi connectivity index (χ3n) is 3.44. The van der Waals surface area contributed by atoms with Crippen molar-refractivity contribution in [1.29, 1.82) is 0 Å². The molecule has 0 saturated carbocycles. The van der Waals surface area contributed by atoms with Crippen molar-refractivity contribution in [2.75, 3.05) is 18.4 Å². The van der Waals surface area contributed by atoms with E-state index in [-0.39, 0.29) is 0 Å². The molecule has 2 aromatic carbocycles. The largest absolute Gasteiger partial charge is 0.497 e. The molecule has 0 fully saturated rings. The quantitative estimate of drug-likeness (QED) is 0.279. The Bertz CT molecular complexity index is 879. The fourth-order valence-electron chi connectivity index (χ4n) is 2.03. The molecule has 3 rings (SSSR count). The van der Waals surface area contributed by atoms with E-state index in [9.17, 15) is 0 Å². The zero-order valence-corrected chi connectivity index (χ0v) is 15.5. The summed E-state index contributed by atoms with van der Waals surface area (Å²) in [5.74, 6) is 7.86. The SMILES string of the molecule is COc1ccc(/C=N/Nc2nnc(SCc3ccc(Cl)cc3)n2N)cc1. The monoisotopic (exact) mass is 388 g/mol. The standard InChI is InChI=1S/C17H17ClN6OS/c1-25-15-8-4-12(5-9-15)10-20-21-16-22-23-17(24(16)19)26-11-13-2-6-14(18)7-3-13/h2-10H,11,19H2,1H3,(H,21,22)/b20-10+. The van der Waals surface area contributed by atoms with Gasteiger partial charge in [-0.25, -0.2) is 10.1 Å². The number of benzene rings is 2. The molecular weight excluding hydrogens is 372 g/mol. The summed E-state index contributed by atoms with van der Waals surface area (Å²) in [7, 11) is 1.63. The van der Waals surface area contributed by atoms with Crippen LogP contribution in [0.5, 0.6) is 5.75 Å². The van der Waals surface area contributed by atoms with E-state index in [0.29, 0.717) is 21.9 Å². The number of rotatable bonds is 7. The third kappa shape index (κ3) is 4.68. The van der Waals surface area contributed by atoms with E-state index in [1.54, 1.807) is 13.3 Å². The Kier molecular flexibility index (Phi) is 5.98. The highest BCUT2D eigenvalue weighted by Gasteiger charge is 2.09. The average Bonchev–Trinajstić information content (AvgIpc) is 3.02. The van der Waals surface area contributed by atoms with Crippen molar-refractivity contribution >= 4 is 35.5 Å². The molecule has 0 spiro atoms. The van der Waals surface area contributed by atoms with Gasteiger partial charge in [0, 0.05) is 10.8 Å². The minimum absolute atomic E-state index is 0.355. The number of nitrogens with zero attached hydrogens (tertiary/aromatic N) is 4. The Labute approximate surface area is 160 Å². The second-order valence-corrected chi connectivity index (χ2v) is 6.61. The molecule has 7 nitrogen and oxygen atoms in total. The summed E-state index contributed by atoms with van der Waals surface area (Å²) >= 11 is 7.36. The minimum atomic E-state index is 0.355. The van der Waals surface area contributed by atoms with Gasteiger partial charge in [0.15, 0.2) is 0 Å². The van der Waals surface area contributed by atoms with E-state index in [4.69, 9.17) is 22.2 Å². The molecule has 0 radical (unpaired) electrons. The first-order valence-corrected chi connectivity index (χ1v) is 9.03. The topological polar surface area (TPSA) is 90.3 Å². The second-order valence-electron chi connectivity index (χ2n) is 5.23. The van der Waals surface area contributed by atoms with Crippen LogP contribution in [-0.4, -0.2) is 28.2 Å². The fraction of sp³-hybridized carbons (Fsp3) is 0.118. The molecule has 0 saturated heterocycles. The average molecular weight is 389 g/mol. The number of hydrazone groups is 1. The van der Waals surface area contributed by atoms with Crippen LogP contribution in [0, 0.1) is 0 Å². The van der Waals surface area contributed by atoms with E-state index in [1.165, 1.54) is 16.4 Å². The number of aromatic nitrogens is 3. The van der Waals surface area contributed by atoms with Gasteiger partial charge >= 0.3 is 0 Å². The lowest BCUT2D eigenvalue weighted by molar-refractivity contribution is 0.415. The Morgan fingerprint density at radius 3 is 2.62 bits per heavy atom. The van der Waals surface area contributed by atoms with Crippen molar-refractivity contribution in [2.24, 2.45) is 5.10 Å². The first-order chi connectivity index (χ1) is 12.7. The van der Waals surface area contributed by atoms with E-state index in [1.807, 2.05) is 48.5 Å². The molecule has 26 heavy (non-hydrogen) atoms. The summed E-state index contributed by atoms with van der Waals surface area (Å²) in [6.07, 6.45) is 1.66. The zero-order chi connectivity index (χ0) is 18.4. The van der Waals surface area contributed by atoms with Gasteiger partial charge in [0.2, 0.25) is 5.16 Å². The van der Waals surface area contributed by atoms with E-state index < -0.39 is 0 Å². The molecule has 0 unspecified atom stereocenters. The number of nitrogens with one attached hydrogen (secondary N) is 1. The van der Waals surface area contributed by atoms with Crippen LogP contribution in [0.1, 0.15) is 11.1 Å². The van der Waals surface area contributed by atoms with Crippen LogP contribution in [0.15, 0.2) is 58.8 Å². The Morgan fingerprint density at radius 2 is 1.92 bits per heavy atom. The molecule has 0 aliphatic carbocycles. The smallest absolute Gasteiger partial charge is 0.264 e. The van der Waals surface area contributed by atoms with Gasteiger partial charge in [-0.15, -0.1) is 10.2 Å². The van der Waals surface area contributed by atoms with Gasteiger partial charge in [0.25, 0.3) is 5.95 Å². The molecule has 134 valence electrons. The lowest BCUT2D eigenvalue weighted by atomic mass is 10.2. The summed E-state index contributed by atoms with van der Waals surface area (Å²) in [4.78, 5) is 0. The summed E-state index contributed by atoms with van der Waals surface area (Å²) < 4.78 is 6.48. The number of nitrogen functional groups attached to an aromatic ring is 1. The molecule has 0 aliphatic rings. The van der Waals surface area contributed by atoms with Gasteiger partial charge in [0.05, 0.1) is 13.3 Å². The van der Waals surface area contributed by atoms with Crippen molar-refractivity contribution in [3.63, 3.8) is 0 Å². The normalized spacial score (nSPS) is 11.0. The van der Waals surface area contributed by atoms with Gasteiger partial charge in [-0.2, -0.15) is 5.10 Å². The van der Waals surface area contributed by atoms with Gasteiger partial charge in [-0.1, -0.05) is 35.5 Å². The van der Waals surface area contributed by atoms with Gasteiger partial charge in [-0.3, -0.25) is 0 Å². The fourth-order valence-corrected chi connectivity index (χ4v) is 2.97.